The molecule has 1 heterocycles. The molecule has 4 nitrogen and oxygen atoms in total. The maximum Gasteiger partial charge on any atom is 0.303 e. The lowest BCUT2D eigenvalue weighted by molar-refractivity contribution is -0.137. The van der Waals surface area contributed by atoms with Crippen LogP contribution in [0, 0.1) is 0 Å². The first-order valence-electron chi connectivity index (χ1n) is 5.48. The Bertz CT molecular complexity index is 592. The molecule has 0 unspecified atom stereocenters. The van der Waals surface area contributed by atoms with Gasteiger partial charge in [-0.25, -0.2) is 0 Å². The van der Waals surface area contributed by atoms with Gasteiger partial charge in [0, 0.05) is 17.5 Å². The van der Waals surface area contributed by atoms with Crippen molar-refractivity contribution >= 4 is 29.2 Å². The van der Waals surface area contributed by atoms with Gasteiger partial charge in [-0.2, -0.15) is 0 Å². The second-order valence-electron chi connectivity index (χ2n) is 3.79. The number of carboxylic acids is 1. The third-order valence-electron chi connectivity index (χ3n) is 2.33. The Labute approximate surface area is 119 Å². The summed E-state index contributed by atoms with van der Waals surface area (Å²) in [7, 11) is 0. The fourth-order valence-corrected chi connectivity index (χ4v) is 1.89. The van der Waals surface area contributed by atoms with E-state index in [-0.39, 0.29) is 12.4 Å². The van der Waals surface area contributed by atoms with E-state index in [1.807, 2.05) is 0 Å². The first-order chi connectivity index (χ1) is 9.04. The highest BCUT2D eigenvalue weighted by atomic mass is 35.5. The molecule has 6 heteroatoms. The van der Waals surface area contributed by atoms with E-state index in [0.717, 1.165) is 0 Å². The lowest BCUT2D eigenvalue weighted by atomic mass is 10.2. The van der Waals surface area contributed by atoms with Crippen molar-refractivity contribution < 1.29 is 19.1 Å². The van der Waals surface area contributed by atoms with Crippen LogP contribution in [-0.4, -0.2) is 11.1 Å². The molecule has 0 radical (unpaired) electrons. The van der Waals surface area contributed by atoms with Crippen molar-refractivity contribution in [3.63, 3.8) is 0 Å². The second-order valence-corrected chi connectivity index (χ2v) is 4.63. The van der Waals surface area contributed by atoms with Crippen LogP contribution in [-0.2, 0) is 11.2 Å². The summed E-state index contributed by atoms with van der Waals surface area (Å²) < 4.78 is 10.8. The van der Waals surface area contributed by atoms with Crippen molar-refractivity contribution in [2.75, 3.05) is 0 Å². The van der Waals surface area contributed by atoms with E-state index >= 15 is 0 Å². The minimum absolute atomic E-state index is 0.00859. The number of carbonyl (C=O) groups is 1. The zero-order chi connectivity index (χ0) is 13.8. The van der Waals surface area contributed by atoms with E-state index in [0.29, 0.717) is 28.0 Å². The number of hydrogen-bond donors (Lipinski definition) is 1. The van der Waals surface area contributed by atoms with Crippen LogP contribution >= 0.6 is 23.2 Å². The van der Waals surface area contributed by atoms with Gasteiger partial charge in [0.25, 0.3) is 5.95 Å². The Balaban J connectivity index is 2.05. The zero-order valence-electron chi connectivity index (χ0n) is 9.73. The largest absolute Gasteiger partial charge is 0.481 e. The fourth-order valence-electron chi connectivity index (χ4n) is 1.44. The molecule has 0 fully saturated rings. The molecule has 2 aromatic rings. The predicted octanol–water partition coefficient (Wildman–Crippen LogP) is 4.40. The van der Waals surface area contributed by atoms with Crippen LogP contribution < -0.4 is 4.74 Å². The van der Waals surface area contributed by atoms with Crippen LogP contribution in [0.15, 0.2) is 34.7 Å². The fraction of sp³-hybridized carbons (Fsp3) is 0.154. The molecule has 0 aliphatic carbocycles. The molecular weight excluding hydrogens is 291 g/mol. The highest BCUT2D eigenvalue weighted by molar-refractivity contribution is 6.35. The Morgan fingerprint density at radius 2 is 2.05 bits per heavy atom. The van der Waals surface area contributed by atoms with Crippen molar-refractivity contribution in [1.82, 2.24) is 0 Å². The van der Waals surface area contributed by atoms with Crippen molar-refractivity contribution in [2.24, 2.45) is 0 Å². The third-order valence-corrected chi connectivity index (χ3v) is 2.86. The van der Waals surface area contributed by atoms with Gasteiger partial charge < -0.3 is 14.3 Å². The number of hydrogen-bond acceptors (Lipinski definition) is 3. The Morgan fingerprint density at radius 3 is 2.74 bits per heavy atom. The van der Waals surface area contributed by atoms with Gasteiger partial charge in [0.05, 0.1) is 11.4 Å². The lowest BCUT2D eigenvalue weighted by Crippen LogP contribution is -1.96. The lowest BCUT2D eigenvalue weighted by Gasteiger charge is -2.04. The molecule has 1 N–H and O–H groups in total. The Morgan fingerprint density at radius 1 is 1.26 bits per heavy atom. The number of aliphatic carboxylic acids is 1. The Kier molecular flexibility index (Phi) is 4.35. The summed E-state index contributed by atoms with van der Waals surface area (Å²) >= 11 is 11.7. The second kappa shape index (κ2) is 5.99. The summed E-state index contributed by atoms with van der Waals surface area (Å²) in [6, 6.07) is 8.12. The summed E-state index contributed by atoms with van der Waals surface area (Å²) in [5.74, 6) is 0.344. The number of furan rings is 1. The van der Waals surface area contributed by atoms with E-state index in [2.05, 4.69) is 0 Å². The molecule has 1 aromatic heterocycles. The van der Waals surface area contributed by atoms with Gasteiger partial charge in [0.1, 0.15) is 11.5 Å². The molecule has 0 amide bonds. The number of aryl methyl sites for hydroxylation is 1. The number of ether oxygens (including phenoxy) is 1. The predicted molar refractivity (Wildman–Crippen MR) is 71.2 cm³/mol. The summed E-state index contributed by atoms with van der Waals surface area (Å²) in [5, 5.41) is 9.46. The van der Waals surface area contributed by atoms with E-state index in [4.69, 9.17) is 37.5 Å². The van der Waals surface area contributed by atoms with Gasteiger partial charge in [-0.05, 0) is 24.3 Å². The molecule has 0 aliphatic rings. The smallest absolute Gasteiger partial charge is 0.303 e. The summed E-state index contributed by atoms with van der Waals surface area (Å²) in [4.78, 5) is 10.4. The normalized spacial score (nSPS) is 10.4. The van der Waals surface area contributed by atoms with Crippen molar-refractivity contribution in [3.05, 3.63) is 46.1 Å². The molecule has 0 saturated heterocycles. The molecule has 0 saturated carbocycles. The van der Waals surface area contributed by atoms with E-state index < -0.39 is 5.97 Å². The number of halogens is 2. The Hall–Kier alpha value is -1.65. The molecule has 0 atom stereocenters. The van der Waals surface area contributed by atoms with Gasteiger partial charge in [-0.15, -0.1) is 0 Å². The summed E-state index contributed by atoms with van der Waals surface area (Å²) in [6.45, 7) is 0. The average molecular weight is 301 g/mol. The van der Waals surface area contributed by atoms with Crippen LogP contribution in [0.5, 0.6) is 11.7 Å². The van der Waals surface area contributed by atoms with Crippen LogP contribution in [0.3, 0.4) is 0 Å². The standard InChI is InChI=1S/C13H10Cl2O4/c14-8-1-4-11(10(15)7-8)19-13-6-3-9(18-13)2-5-12(16)17/h1,3-4,6-7H,2,5H2,(H,16,17). The van der Waals surface area contributed by atoms with Crippen LogP contribution in [0.4, 0.5) is 0 Å². The first kappa shape index (κ1) is 13.8. The molecule has 0 spiro atoms. The minimum atomic E-state index is -0.875. The van der Waals surface area contributed by atoms with Gasteiger partial charge in [0.2, 0.25) is 0 Å². The third kappa shape index (κ3) is 3.91. The average Bonchev–Trinajstić information content (AvgIpc) is 2.78. The topological polar surface area (TPSA) is 59.7 Å². The quantitative estimate of drug-likeness (QED) is 0.889. The zero-order valence-corrected chi connectivity index (χ0v) is 11.2. The van der Waals surface area contributed by atoms with Crippen molar-refractivity contribution in [1.29, 1.82) is 0 Å². The van der Waals surface area contributed by atoms with E-state index in [9.17, 15) is 4.79 Å². The molecule has 0 aliphatic heterocycles. The molecule has 0 bridgehead atoms. The minimum Gasteiger partial charge on any atom is -0.481 e. The van der Waals surface area contributed by atoms with Gasteiger partial charge in [0.15, 0.2) is 0 Å². The summed E-state index contributed by atoms with van der Waals surface area (Å²) in [6.07, 6.45) is 0.321. The maximum atomic E-state index is 10.4. The molecule has 2 rings (SSSR count). The van der Waals surface area contributed by atoms with Crippen LogP contribution in [0.25, 0.3) is 0 Å². The highest BCUT2D eigenvalue weighted by Gasteiger charge is 2.09. The molecule has 1 aromatic carbocycles. The summed E-state index contributed by atoms with van der Waals surface area (Å²) in [5.41, 5.74) is 0. The number of carboxylic acid groups (broad SMARTS) is 1. The SMILES string of the molecule is O=C(O)CCc1ccc(Oc2ccc(Cl)cc2Cl)o1. The van der Waals surface area contributed by atoms with Gasteiger partial charge in [-0.3, -0.25) is 4.79 Å². The monoisotopic (exact) mass is 300 g/mol. The molecule has 100 valence electrons. The number of benzene rings is 1. The first-order valence-corrected chi connectivity index (χ1v) is 6.23. The maximum absolute atomic E-state index is 10.4. The molecule has 19 heavy (non-hydrogen) atoms. The van der Waals surface area contributed by atoms with Crippen LogP contribution in [0.1, 0.15) is 12.2 Å². The van der Waals surface area contributed by atoms with Crippen LogP contribution in [0.2, 0.25) is 10.0 Å². The van der Waals surface area contributed by atoms with Gasteiger partial charge >= 0.3 is 5.97 Å². The van der Waals surface area contributed by atoms with Crippen molar-refractivity contribution in [3.8, 4) is 11.7 Å². The highest BCUT2D eigenvalue weighted by Crippen LogP contribution is 2.32. The van der Waals surface area contributed by atoms with Gasteiger partial charge in [-0.1, -0.05) is 23.2 Å². The number of rotatable bonds is 5. The molecular formula is C13H10Cl2O4. The van der Waals surface area contributed by atoms with Crippen molar-refractivity contribution in [2.45, 2.75) is 12.8 Å². The van der Waals surface area contributed by atoms with E-state index in [1.165, 1.54) is 0 Å². The van der Waals surface area contributed by atoms with E-state index in [1.54, 1.807) is 30.3 Å².